The second-order valence-electron chi connectivity index (χ2n) is 6.75. The quantitative estimate of drug-likeness (QED) is 0.809. The Kier molecular flexibility index (Phi) is 6.03. The highest BCUT2D eigenvalue weighted by molar-refractivity contribution is 7.15. The molecular formula is C18H25N5O3S. The van der Waals surface area contributed by atoms with Crippen molar-refractivity contribution in [1.29, 1.82) is 0 Å². The van der Waals surface area contributed by atoms with Crippen LogP contribution >= 0.6 is 11.3 Å². The number of pyridine rings is 1. The molecule has 2 aromatic heterocycles. The fraction of sp³-hybridized carbons (Fsp3) is 0.556. The molecule has 3 rings (SSSR count). The van der Waals surface area contributed by atoms with Crippen LogP contribution in [0, 0.1) is 0 Å². The van der Waals surface area contributed by atoms with Gasteiger partial charge >= 0.3 is 0 Å². The molecular weight excluding hydrogens is 366 g/mol. The molecule has 1 fully saturated rings. The molecule has 0 spiro atoms. The van der Waals surface area contributed by atoms with E-state index in [-0.39, 0.29) is 12.0 Å². The van der Waals surface area contributed by atoms with Gasteiger partial charge in [-0.15, -0.1) is 10.2 Å². The van der Waals surface area contributed by atoms with Gasteiger partial charge in [-0.1, -0.05) is 24.3 Å². The number of methoxy groups -OCH3 is 1. The summed E-state index contributed by atoms with van der Waals surface area (Å²) in [6.07, 6.45) is 0.572. The van der Waals surface area contributed by atoms with Crippen LogP contribution in [0.5, 0.6) is 0 Å². The average molecular weight is 391 g/mol. The topological polar surface area (TPSA) is 89.5 Å². The van der Waals surface area contributed by atoms with Gasteiger partial charge in [0.15, 0.2) is 0 Å². The Hall–Kier alpha value is -2.10. The van der Waals surface area contributed by atoms with Crippen LogP contribution in [0.4, 0.5) is 10.9 Å². The maximum Gasteiger partial charge on any atom is 0.254 e. The lowest BCUT2D eigenvalue weighted by molar-refractivity contribution is -0.158. The van der Waals surface area contributed by atoms with Crippen LogP contribution in [-0.4, -0.2) is 58.4 Å². The molecule has 1 unspecified atom stereocenters. The Balaban J connectivity index is 1.71. The van der Waals surface area contributed by atoms with Crippen molar-refractivity contribution in [1.82, 2.24) is 20.1 Å². The number of nitrogens with zero attached hydrogens (tertiary/aromatic N) is 4. The van der Waals surface area contributed by atoms with Crippen molar-refractivity contribution >= 4 is 28.2 Å². The maximum atomic E-state index is 12.7. The number of amides is 1. The molecule has 9 heteroatoms. The molecule has 0 saturated carbocycles. The molecule has 1 aliphatic heterocycles. The average Bonchev–Trinajstić information content (AvgIpc) is 3.15. The first-order valence-corrected chi connectivity index (χ1v) is 9.77. The minimum Gasteiger partial charge on any atom is -0.369 e. The van der Waals surface area contributed by atoms with Crippen molar-refractivity contribution in [2.75, 3.05) is 32.1 Å². The van der Waals surface area contributed by atoms with E-state index in [1.165, 1.54) is 11.3 Å². The van der Waals surface area contributed by atoms with Crippen molar-refractivity contribution in [2.24, 2.45) is 0 Å². The first kappa shape index (κ1) is 19.7. The molecule has 8 nitrogen and oxygen atoms in total. The molecule has 1 amide bonds. The number of aromatic nitrogens is 3. The highest BCUT2D eigenvalue weighted by Crippen LogP contribution is 2.26. The molecule has 3 heterocycles. The van der Waals surface area contributed by atoms with E-state index in [9.17, 15) is 4.79 Å². The summed E-state index contributed by atoms with van der Waals surface area (Å²) in [7, 11) is 1.55. The first-order valence-electron chi connectivity index (χ1n) is 8.95. The third-order valence-corrected chi connectivity index (χ3v) is 5.47. The summed E-state index contributed by atoms with van der Waals surface area (Å²) in [5.74, 6) is 0.629. The number of carbonyl (C=O) groups is 1. The Bertz CT molecular complexity index is 795. The third-order valence-electron chi connectivity index (χ3n) is 4.48. The molecule has 1 aliphatic rings. The Morgan fingerprint density at radius 2 is 2.26 bits per heavy atom. The van der Waals surface area contributed by atoms with Crippen LogP contribution in [0.3, 0.4) is 0 Å². The normalized spacial score (nSPS) is 17.8. The molecule has 1 atom stereocenters. The van der Waals surface area contributed by atoms with Crippen molar-refractivity contribution < 1.29 is 14.3 Å². The molecule has 0 aliphatic carbocycles. The molecule has 0 radical (unpaired) electrons. The summed E-state index contributed by atoms with van der Waals surface area (Å²) in [4.78, 5) is 19.1. The lowest BCUT2D eigenvalue weighted by Crippen LogP contribution is -2.51. The third kappa shape index (κ3) is 4.60. The van der Waals surface area contributed by atoms with Gasteiger partial charge in [-0.2, -0.15) is 0 Å². The van der Waals surface area contributed by atoms with E-state index < -0.39 is 5.60 Å². The van der Waals surface area contributed by atoms with Gasteiger partial charge < -0.3 is 19.7 Å². The number of anilines is 2. The zero-order valence-corrected chi connectivity index (χ0v) is 16.9. The number of nitrogens with one attached hydrogen (secondary N) is 1. The number of ether oxygens (including phenoxy) is 2. The maximum absolute atomic E-state index is 12.7. The standard InChI is InChI=1S/C18H25N5O3S/c1-5-15-21-22-17(27-15)20-14-8-6-7-12(19-14)13-11-23(9-10-26-13)16(24)18(2,3)25-4/h6-8,13H,5,9-11H2,1-4H3,(H,19,20,22). The van der Waals surface area contributed by atoms with Gasteiger partial charge in [0.2, 0.25) is 5.13 Å². The van der Waals surface area contributed by atoms with E-state index >= 15 is 0 Å². The Morgan fingerprint density at radius 3 is 2.96 bits per heavy atom. The van der Waals surface area contributed by atoms with Crippen LogP contribution in [-0.2, 0) is 20.7 Å². The second-order valence-corrected chi connectivity index (χ2v) is 7.81. The molecule has 0 bridgehead atoms. The zero-order chi connectivity index (χ0) is 19.4. The molecule has 1 N–H and O–H groups in total. The van der Waals surface area contributed by atoms with E-state index in [0.717, 1.165) is 17.1 Å². The molecule has 1 saturated heterocycles. The number of aryl methyl sites for hydroxylation is 1. The molecule has 146 valence electrons. The van der Waals surface area contributed by atoms with Gasteiger partial charge in [0.1, 0.15) is 22.5 Å². The van der Waals surface area contributed by atoms with Crippen molar-refractivity contribution in [3.63, 3.8) is 0 Å². The summed E-state index contributed by atoms with van der Waals surface area (Å²) in [5, 5.41) is 13.1. The summed E-state index contributed by atoms with van der Waals surface area (Å²) < 4.78 is 11.2. The fourth-order valence-electron chi connectivity index (χ4n) is 2.74. The van der Waals surface area contributed by atoms with Crippen molar-refractivity contribution in [3.05, 3.63) is 28.9 Å². The smallest absolute Gasteiger partial charge is 0.254 e. The predicted molar refractivity (Wildman–Crippen MR) is 103 cm³/mol. The van der Waals surface area contributed by atoms with E-state index in [1.807, 2.05) is 25.1 Å². The minimum atomic E-state index is -0.854. The highest BCUT2D eigenvalue weighted by atomic mass is 32.1. The predicted octanol–water partition coefficient (Wildman–Crippen LogP) is 2.56. The molecule has 27 heavy (non-hydrogen) atoms. The number of rotatable bonds is 6. The van der Waals surface area contributed by atoms with Crippen LogP contribution in [0.2, 0.25) is 0 Å². The number of hydrogen-bond acceptors (Lipinski definition) is 8. The van der Waals surface area contributed by atoms with E-state index in [0.29, 0.717) is 30.6 Å². The SMILES string of the molecule is CCc1nnc(Nc2cccc(C3CN(C(=O)C(C)(C)OC)CCO3)n2)s1. The largest absolute Gasteiger partial charge is 0.369 e. The lowest BCUT2D eigenvalue weighted by atomic mass is 10.1. The monoisotopic (exact) mass is 391 g/mol. The van der Waals surface area contributed by atoms with E-state index in [4.69, 9.17) is 9.47 Å². The second kappa shape index (κ2) is 8.28. The first-order chi connectivity index (χ1) is 12.9. The summed E-state index contributed by atoms with van der Waals surface area (Å²) in [6.45, 7) is 7.04. The van der Waals surface area contributed by atoms with Gasteiger partial charge in [0.25, 0.3) is 5.91 Å². The fourth-order valence-corrected chi connectivity index (χ4v) is 3.42. The van der Waals surface area contributed by atoms with Gasteiger partial charge in [-0.25, -0.2) is 4.98 Å². The summed E-state index contributed by atoms with van der Waals surface area (Å²) >= 11 is 1.51. The Morgan fingerprint density at radius 1 is 1.44 bits per heavy atom. The summed E-state index contributed by atoms with van der Waals surface area (Å²) in [6, 6.07) is 5.69. The van der Waals surface area contributed by atoms with Crippen LogP contribution in [0.25, 0.3) is 0 Å². The number of morpholine rings is 1. The van der Waals surface area contributed by atoms with Crippen LogP contribution < -0.4 is 5.32 Å². The van der Waals surface area contributed by atoms with Crippen LogP contribution in [0.15, 0.2) is 18.2 Å². The number of hydrogen-bond donors (Lipinski definition) is 1. The van der Waals surface area contributed by atoms with Gasteiger partial charge in [-0.3, -0.25) is 4.79 Å². The van der Waals surface area contributed by atoms with Gasteiger partial charge in [0.05, 0.1) is 18.8 Å². The lowest BCUT2D eigenvalue weighted by Gasteiger charge is -2.36. The van der Waals surface area contributed by atoms with Gasteiger partial charge in [-0.05, 0) is 32.4 Å². The number of carbonyl (C=O) groups excluding carboxylic acids is 1. The van der Waals surface area contributed by atoms with Crippen molar-refractivity contribution in [3.8, 4) is 0 Å². The van der Waals surface area contributed by atoms with Crippen molar-refractivity contribution in [2.45, 2.75) is 38.9 Å². The van der Waals surface area contributed by atoms with Gasteiger partial charge in [0, 0.05) is 13.7 Å². The minimum absolute atomic E-state index is 0.0477. The highest BCUT2D eigenvalue weighted by Gasteiger charge is 2.35. The molecule has 0 aromatic carbocycles. The molecule has 2 aromatic rings. The van der Waals surface area contributed by atoms with E-state index in [2.05, 4.69) is 20.5 Å². The Labute approximate surface area is 162 Å². The van der Waals surface area contributed by atoms with E-state index in [1.54, 1.807) is 25.9 Å². The summed E-state index contributed by atoms with van der Waals surface area (Å²) in [5.41, 5.74) is -0.0824. The zero-order valence-electron chi connectivity index (χ0n) is 16.1. The van der Waals surface area contributed by atoms with Crippen LogP contribution in [0.1, 0.15) is 37.6 Å².